The molecule has 2 bridgehead atoms. The van der Waals surface area contributed by atoms with E-state index in [0.29, 0.717) is 5.92 Å². The summed E-state index contributed by atoms with van der Waals surface area (Å²) in [6.07, 6.45) is 3.72. The Morgan fingerprint density at radius 3 is 2.76 bits per heavy atom. The van der Waals surface area contributed by atoms with Gasteiger partial charge in [0.15, 0.2) is 0 Å². The maximum Gasteiger partial charge on any atom is 0.112 e. The Morgan fingerprint density at radius 2 is 2.05 bits per heavy atom. The van der Waals surface area contributed by atoms with Crippen molar-refractivity contribution in [1.82, 2.24) is 4.57 Å². The van der Waals surface area contributed by atoms with Gasteiger partial charge in [0, 0.05) is 36.6 Å². The minimum Gasteiger partial charge on any atom is -0.358 e. The van der Waals surface area contributed by atoms with Gasteiger partial charge in [-0.15, -0.1) is 0 Å². The van der Waals surface area contributed by atoms with Gasteiger partial charge < -0.3 is 15.2 Å². The zero-order valence-corrected chi connectivity index (χ0v) is 13.1. The number of rotatable bonds is 3. The monoisotopic (exact) mass is 283 g/mol. The molecule has 2 aromatic rings. The average molecular weight is 283 g/mol. The van der Waals surface area contributed by atoms with E-state index in [1.54, 1.807) is 5.56 Å². The van der Waals surface area contributed by atoms with Gasteiger partial charge in [-0.05, 0) is 55.3 Å². The zero-order valence-electron chi connectivity index (χ0n) is 13.1. The van der Waals surface area contributed by atoms with Crippen molar-refractivity contribution in [3.63, 3.8) is 0 Å². The molecule has 1 aromatic heterocycles. The predicted octanol–water partition coefficient (Wildman–Crippen LogP) is 3.33. The molecule has 0 radical (unpaired) electrons. The van der Waals surface area contributed by atoms with Gasteiger partial charge in [0.25, 0.3) is 0 Å². The van der Waals surface area contributed by atoms with Gasteiger partial charge in [-0.1, -0.05) is 13.0 Å². The van der Waals surface area contributed by atoms with Gasteiger partial charge >= 0.3 is 0 Å². The van der Waals surface area contributed by atoms with E-state index in [2.05, 4.69) is 41.6 Å². The van der Waals surface area contributed by atoms with E-state index in [4.69, 9.17) is 5.73 Å². The van der Waals surface area contributed by atoms with Crippen LogP contribution in [0, 0.1) is 0 Å². The van der Waals surface area contributed by atoms with E-state index in [1.807, 2.05) is 0 Å². The molecule has 1 saturated heterocycles. The summed E-state index contributed by atoms with van der Waals surface area (Å²) >= 11 is 0. The summed E-state index contributed by atoms with van der Waals surface area (Å²) in [5.74, 6) is 2.81. The lowest BCUT2D eigenvalue weighted by Gasteiger charge is -2.41. The second-order valence-electron chi connectivity index (χ2n) is 6.81. The van der Waals surface area contributed by atoms with Crippen molar-refractivity contribution in [3.8, 4) is 0 Å². The van der Waals surface area contributed by atoms with E-state index >= 15 is 0 Å². The van der Waals surface area contributed by atoms with Gasteiger partial charge in [-0.3, -0.25) is 0 Å². The second-order valence-corrected chi connectivity index (χ2v) is 6.81. The summed E-state index contributed by atoms with van der Waals surface area (Å²) in [6.45, 7) is 5.53. The molecule has 0 amide bonds. The molecule has 3 nitrogen and oxygen atoms in total. The molecule has 0 spiro atoms. The summed E-state index contributed by atoms with van der Waals surface area (Å²) in [6, 6.07) is 7.05. The van der Waals surface area contributed by atoms with E-state index in [-0.39, 0.29) is 0 Å². The third-order valence-corrected chi connectivity index (χ3v) is 5.60. The molecule has 3 aliphatic heterocycles. The molecule has 4 heterocycles. The molecule has 2 N–H and O–H groups in total. The number of aromatic nitrogens is 1. The third-order valence-electron chi connectivity index (χ3n) is 5.60. The first-order valence-corrected chi connectivity index (χ1v) is 8.28. The van der Waals surface area contributed by atoms with Crippen molar-refractivity contribution >= 4 is 16.7 Å². The van der Waals surface area contributed by atoms with Crippen LogP contribution in [-0.2, 0) is 7.05 Å². The largest absolute Gasteiger partial charge is 0.358 e. The van der Waals surface area contributed by atoms with Gasteiger partial charge in [0.05, 0.1) is 0 Å². The summed E-state index contributed by atoms with van der Waals surface area (Å²) in [5, 5.41) is 1.49. The van der Waals surface area contributed by atoms with E-state index in [9.17, 15) is 0 Å². The molecule has 0 aliphatic carbocycles. The van der Waals surface area contributed by atoms with Crippen LogP contribution in [0.15, 0.2) is 18.2 Å². The van der Waals surface area contributed by atoms with Crippen LogP contribution in [0.25, 0.3) is 10.9 Å². The number of anilines is 1. The fourth-order valence-corrected chi connectivity index (χ4v) is 4.37. The lowest BCUT2D eigenvalue weighted by Crippen LogP contribution is -2.39. The molecule has 3 heteroatoms. The smallest absolute Gasteiger partial charge is 0.112 e. The van der Waals surface area contributed by atoms with Crippen LogP contribution in [0.5, 0.6) is 0 Å². The van der Waals surface area contributed by atoms with Crippen LogP contribution in [0.2, 0.25) is 0 Å². The summed E-state index contributed by atoms with van der Waals surface area (Å²) in [4.78, 5) is 2.58. The van der Waals surface area contributed by atoms with Crippen molar-refractivity contribution in [2.75, 3.05) is 24.5 Å². The van der Waals surface area contributed by atoms with Crippen molar-refractivity contribution in [3.05, 3.63) is 29.3 Å². The first-order valence-electron chi connectivity index (χ1n) is 8.28. The highest BCUT2D eigenvalue weighted by atomic mass is 15.3. The molecule has 1 fully saturated rings. The molecule has 1 aromatic carbocycles. The number of benzene rings is 1. The molecule has 3 aliphatic rings. The number of nitrogens with two attached hydrogens (primary N) is 1. The lowest BCUT2D eigenvalue weighted by atomic mass is 9.83. The van der Waals surface area contributed by atoms with Crippen molar-refractivity contribution in [2.24, 2.45) is 12.8 Å². The second kappa shape index (κ2) is 4.77. The van der Waals surface area contributed by atoms with Crippen molar-refractivity contribution in [2.45, 2.75) is 38.0 Å². The van der Waals surface area contributed by atoms with E-state index in [1.165, 1.54) is 48.2 Å². The minimum atomic E-state index is 0.552. The number of hydrogen-bond acceptors (Lipinski definition) is 2. The summed E-state index contributed by atoms with van der Waals surface area (Å²) < 4.78 is 2.41. The maximum atomic E-state index is 5.73. The highest BCUT2D eigenvalue weighted by Crippen LogP contribution is 2.47. The van der Waals surface area contributed by atoms with E-state index in [0.717, 1.165) is 18.9 Å². The fourth-order valence-electron chi connectivity index (χ4n) is 4.37. The van der Waals surface area contributed by atoms with Crippen LogP contribution in [0.4, 0.5) is 5.82 Å². The van der Waals surface area contributed by atoms with Crippen molar-refractivity contribution < 1.29 is 0 Å². The third kappa shape index (κ3) is 1.83. The number of hydrogen-bond donors (Lipinski definition) is 1. The fraction of sp³-hybridized carbons (Fsp3) is 0.556. The average Bonchev–Trinajstić information content (AvgIpc) is 2.84. The standard InChI is InChI=1S/C18H25N3/c1-12(5-8-19)14-3-4-16-15(11-14)17-13-6-9-21(10-7-13)18(17)20(16)2/h3-4,11-13H,5-10,19H2,1-2H3. The van der Waals surface area contributed by atoms with Gasteiger partial charge in [0.1, 0.15) is 5.82 Å². The Hall–Kier alpha value is -1.48. The Bertz CT molecular complexity index is 677. The molecule has 21 heavy (non-hydrogen) atoms. The van der Waals surface area contributed by atoms with Gasteiger partial charge in [-0.2, -0.15) is 0 Å². The molecule has 5 rings (SSSR count). The van der Waals surface area contributed by atoms with Crippen LogP contribution in [-0.4, -0.2) is 24.2 Å². The molecule has 0 saturated carbocycles. The van der Waals surface area contributed by atoms with Crippen LogP contribution < -0.4 is 10.6 Å². The molecular weight excluding hydrogens is 258 g/mol. The molecule has 112 valence electrons. The Kier molecular flexibility index (Phi) is 3.00. The van der Waals surface area contributed by atoms with E-state index < -0.39 is 0 Å². The van der Waals surface area contributed by atoms with Crippen molar-refractivity contribution in [1.29, 1.82) is 0 Å². The number of nitrogens with zero attached hydrogens (tertiary/aromatic N) is 2. The summed E-state index contributed by atoms with van der Waals surface area (Å²) in [5.41, 5.74) is 10.2. The summed E-state index contributed by atoms with van der Waals surface area (Å²) in [7, 11) is 2.23. The van der Waals surface area contributed by atoms with Crippen LogP contribution in [0.1, 0.15) is 49.1 Å². The first-order chi connectivity index (χ1) is 10.2. The van der Waals surface area contributed by atoms with Crippen LogP contribution in [0.3, 0.4) is 0 Å². The SMILES string of the molecule is CC(CCN)c1ccc2c(c1)c1c(n2C)N2CCC1CC2. The zero-order chi connectivity index (χ0) is 14.6. The van der Waals surface area contributed by atoms with Gasteiger partial charge in [-0.25, -0.2) is 0 Å². The molecular formula is C18H25N3. The molecule has 1 atom stereocenters. The van der Waals surface area contributed by atoms with Gasteiger partial charge in [0.2, 0.25) is 0 Å². The van der Waals surface area contributed by atoms with Crippen LogP contribution >= 0.6 is 0 Å². The quantitative estimate of drug-likeness (QED) is 0.937. The highest BCUT2D eigenvalue weighted by molar-refractivity contribution is 5.92. The first kappa shape index (κ1) is 13.2. The number of piperidine rings is 1. The number of aryl methyl sites for hydroxylation is 1. The number of fused-ring (bicyclic) bond motifs is 3. The lowest BCUT2D eigenvalue weighted by molar-refractivity contribution is 0.469. The minimum absolute atomic E-state index is 0.552. The Labute approximate surface area is 126 Å². The maximum absolute atomic E-state index is 5.73. The predicted molar refractivity (Wildman–Crippen MR) is 89.2 cm³/mol. The topological polar surface area (TPSA) is 34.2 Å². The Balaban J connectivity index is 1.90. The molecule has 1 unspecified atom stereocenters. The highest BCUT2D eigenvalue weighted by Gasteiger charge is 2.35. The normalized spacial score (nSPS) is 19.3. The Morgan fingerprint density at radius 1 is 1.29 bits per heavy atom.